The van der Waals surface area contributed by atoms with E-state index in [1.807, 2.05) is 13.8 Å². The Morgan fingerprint density at radius 1 is 1.03 bits per heavy atom. The van der Waals surface area contributed by atoms with Crippen LogP contribution in [0.25, 0.3) is 0 Å². The van der Waals surface area contributed by atoms with E-state index < -0.39 is 124 Å². The summed E-state index contributed by atoms with van der Waals surface area (Å²) in [5, 5.41) is 39.8. The van der Waals surface area contributed by atoms with Crippen LogP contribution in [0.1, 0.15) is 112 Å². The Labute approximate surface area is 350 Å². The van der Waals surface area contributed by atoms with Crippen molar-refractivity contribution in [3.63, 3.8) is 0 Å². The number of hydrogen-bond acceptors (Lipinski definition) is 15. The van der Waals surface area contributed by atoms with Crippen LogP contribution in [0, 0.1) is 28.6 Å². The number of benzene rings is 1. The summed E-state index contributed by atoms with van der Waals surface area (Å²) >= 11 is 0. The third-order valence-electron chi connectivity index (χ3n) is 12.8. The SMILES string of the molecule is CCC(=O)OC1=C2C(C)[C@@H](OC(=O)[C@H](O)[C@H](CC(C)C)NC(=O)OC(C)(C)C)C[C@@](O)([C@@H](OC(=O)c3ccccc3)[C@@H]3[C@]4(OC(C)=O)CO[C@@H]4C[C@H](O)[C@@]3(C)C1=O)C2(C)C. The van der Waals surface area contributed by atoms with Crippen molar-refractivity contribution in [1.29, 1.82) is 0 Å². The first-order valence-corrected chi connectivity index (χ1v) is 20.6. The Hall–Kier alpha value is -4.38. The standard InChI is InChI=1S/C44H61NO15/c1-12-30(48)57-33-31-23(4)27(56-38(52)32(49)26(18-22(2)3)45-39(53)60-40(6,7)8)20-44(54,41(31,9)10)36(58-37(51)25-16-14-13-15-17-25)34-42(11,35(33)50)28(47)19-29-43(34,21-55-29)59-24(5)46/h13-17,22-23,26-29,32,34,36,47,49,54H,12,18-21H2,1-11H3,(H,45,53)/t23?,26-,27-,28-,29+,32+,34-,36-,42+,43-,44+/m0/s1. The van der Waals surface area contributed by atoms with Crippen LogP contribution in [-0.2, 0) is 47.6 Å². The van der Waals surface area contributed by atoms with E-state index >= 15 is 4.79 Å². The van der Waals surface area contributed by atoms with Gasteiger partial charge in [0.2, 0.25) is 5.78 Å². The number of Topliss-reactive ketones (excluding diaryl/α,β-unsaturated/α-hetero) is 1. The van der Waals surface area contributed by atoms with Crippen molar-refractivity contribution in [2.75, 3.05) is 6.61 Å². The van der Waals surface area contributed by atoms with E-state index in [9.17, 15) is 39.3 Å². The number of aliphatic hydroxyl groups excluding tert-OH is 2. The van der Waals surface area contributed by atoms with Gasteiger partial charge in [0.25, 0.3) is 0 Å². The van der Waals surface area contributed by atoms with Crippen LogP contribution < -0.4 is 5.32 Å². The lowest BCUT2D eigenvalue weighted by atomic mass is 9.45. The summed E-state index contributed by atoms with van der Waals surface area (Å²) in [6.07, 6.45) is -9.38. The molecule has 1 amide bonds. The summed E-state index contributed by atoms with van der Waals surface area (Å²) < 4.78 is 35.7. The molecule has 0 radical (unpaired) electrons. The first kappa shape index (κ1) is 46.7. The quantitative estimate of drug-likeness (QED) is 0.182. The molecule has 2 saturated carbocycles. The van der Waals surface area contributed by atoms with E-state index in [2.05, 4.69) is 5.32 Å². The van der Waals surface area contributed by atoms with Gasteiger partial charge in [0.1, 0.15) is 29.5 Å². The zero-order chi connectivity index (χ0) is 44.9. The molecule has 1 aromatic rings. The van der Waals surface area contributed by atoms with Gasteiger partial charge in [0.05, 0.1) is 35.6 Å². The van der Waals surface area contributed by atoms with Crippen LogP contribution in [0.3, 0.4) is 0 Å². The van der Waals surface area contributed by atoms with Crippen LogP contribution in [0.4, 0.5) is 4.79 Å². The molecule has 1 aliphatic heterocycles. The van der Waals surface area contributed by atoms with Crippen LogP contribution in [0.15, 0.2) is 41.7 Å². The predicted octanol–water partition coefficient (Wildman–Crippen LogP) is 4.10. The number of esters is 4. The molecule has 16 nitrogen and oxygen atoms in total. The van der Waals surface area contributed by atoms with Gasteiger partial charge in [-0.05, 0) is 57.7 Å². The highest BCUT2D eigenvalue weighted by Gasteiger charge is 2.78. The van der Waals surface area contributed by atoms with E-state index in [-0.39, 0.29) is 42.9 Å². The molecule has 5 rings (SSSR count). The number of carbonyl (C=O) groups excluding carboxylic acids is 6. The van der Waals surface area contributed by atoms with Crippen LogP contribution >= 0.6 is 0 Å². The highest BCUT2D eigenvalue weighted by atomic mass is 16.6. The number of aliphatic hydroxyl groups is 3. The molecule has 16 heteroatoms. The number of allylic oxidation sites excluding steroid dienone is 1. The number of amides is 1. The van der Waals surface area contributed by atoms with E-state index in [4.69, 9.17) is 28.4 Å². The summed E-state index contributed by atoms with van der Waals surface area (Å²) in [7, 11) is 0. The number of rotatable bonds is 11. The van der Waals surface area contributed by atoms with Crippen LogP contribution in [0.5, 0.6) is 0 Å². The Morgan fingerprint density at radius 3 is 2.20 bits per heavy atom. The molecule has 1 heterocycles. The maximum Gasteiger partial charge on any atom is 0.407 e. The maximum atomic E-state index is 15.5. The molecule has 332 valence electrons. The summed E-state index contributed by atoms with van der Waals surface area (Å²) in [6, 6.07) is 6.68. The van der Waals surface area contributed by atoms with Gasteiger partial charge < -0.3 is 49.1 Å². The van der Waals surface area contributed by atoms with Gasteiger partial charge >= 0.3 is 30.0 Å². The number of fused-ring (bicyclic) bond motifs is 5. The average molecular weight is 844 g/mol. The number of alkyl carbamates (subject to hydrolysis) is 1. The second-order valence-electron chi connectivity index (χ2n) is 18.8. The molecule has 1 aromatic carbocycles. The van der Waals surface area contributed by atoms with Gasteiger partial charge in [0, 0.05) is 37.5 Å². The van der Waals surface area contributed by atoms with Gasteiger partial charge in [0.15, 0.2) is 17.5 Å². The summed E-state index contributed by atoms with van der Waals surface area (Å²) in [4.78, 5) is 82.9. The summed E-state index contributed by atoms with van der Waals surface area (Å²) in [6.45, 7) is 17.1. The first-order chi connectivity index (χ1) is 27.7. The maximum absolute atomic E-state index is 15.5. The summed E-state index contributed by atoms with van der Waals surface area (Å²) in [5.74, 6) is -7.83. The van der Waals surface area contributed by atoms with Crippen molar-refractivity contribution in [1.82, 2.24) is 5.32 Å². The monoisotopic (exact) mass is 843 g/mol. The predicted molar refractivity (Wildman–Crippen MR) is 212 cm³/mol. The molecule has 4 N–H and O–H groups in total. The van der Waals surface area contributed by atoms with Crippen molar-refractivity contribution < 1.29 is 72.5 Å². The average Bonchev–Trinajstić information content (AvgIpc) is 3.14. The normalized spacial score (nSPS) is 33.0. The van der Waals surface area contributed by atoms with E-state index in [1.165, 1.54) is 26.0 Å². The number of ketones is 1. The minimum atomic E-state index is -2.37. The lowest BCUT2D eigenvalue weighted by molar-refractivity contribution is -0.345. The van der Waals surface area contributed by atoms with Crippen molar-refractivity contribution in [2.45, 2.75) is 155 Å². The Bertz CT molecular complexity index is 1890. The molecule has 4 aliphatic rings. The van der Waals surface area contributed by atoms with Gasteiger partial charge in [-0.15, -0.1) is 0 Å². The molecule has 1 unspecified atom stereocenters. The first-order valence-electron chi connectivity index (χ1n) is 20.6. The van der Waals surface area contributed by atoms with Crippen molar-refractivity contribution in [3.8, 4) is 0 Å². The largest absolute Gasteiger partial charge is 0.460 e. The fraction of sp³-hybridized carbons (Fsp3) is 0.682. The fourth-order valence-corrected chi connectivity index (χ4v) is 9.68. The minimum absolute atomic E-state index is 0.0158. The smallest absolute Gasteiger partial charge is 0.407 e. The molecule has 0 spiro atoms. The zero-order valence-electron chi connectivity index (χ0n) is 36.4. The summed E-state index contributed by atoms with van der Waals surface area (Å²) in [5.41, 5.74) is -8.65. The Balaban J connectivity index is 1.74. The van der Waals surface area contributed by atoms with Gasteiger partial charge in [-0.3, -0.25) is 14.4 Å². The van der Waals surface area contributed by atoms with Gasteiger partial charge in [-0.1, -0.05) is 59.7 Å². The van der Waals surface area contributed by atoms with Crippen LogP contribution in [0.2, 0.25) is 0 Å². The number of ether oxygens (including phenoxy) is 6. The fourth-order valence-electron chi connectivity index (χ4n) is 9.68. The molecular weight excluding hydrogens is 782 g/mol. The highest BCUT2D eigenvalue weighted by molar-refractivity contribution is 6.02. The van der Waals surface area contributed by atoms with Gasteiger partial charge in [-0.25, -0.2) is 14.4 Å². The van der Waals surface area contributed by atoms with Gasteiger partial charge in [-0.2, -0.15) is 0 Å². The topological polar surface area (TPSA) is 231 Å². The molecule has 11 atom stereocenters. The second kappa shape index (κ2) is 16.8. The molecule has 3 fully saturated rings. The Kier molecular flexibility index (Phi) is 13.1. The number of carbonyl (C=O) groups is 6. The molecule has 1 saturated heterocycles. The second-order valence-corrected chi connectivity index (χ2v) is 18.8. The number of nitrogens with one attached hydrogen (secondary N) is 1. The number of hydrogen-bond donors (Lipinski definition) is 4. The zero-order valence-corrected chi connectivity index (χ0v) is 36.4. The lowest BCUT2D eigenvalue weighted by Gasteiger charge is -2.67. The molecule has 2 bridgehead atoms. The van der Waals surface area contributed by atoms with Crippen molar-refractivity contribution >= 4 is 35.8 Å². The third kappa shape index (κ3) is 8.32. The molecule has 0 aromatic heterocycles. The minimum Gasteiger partial charge on any atom is -0.460 e. The highest BCUT2D eigenvalue weighted by Crippen LogP contribution is 2.65. The molecule has 3 aliphatic carbocycles. The van der Waals surface area contributed by atoms with E-state index in [0.717, 1.165) is 6.92 Å². The Morgan fingerprint density at radius 2 is 1.67 bits per heavy atom. The molecular formula is C44H61NO15. The van der Waals surface area contributed by atoms with Crippen molar-refractivity contribution in [2.24, 2.45) is 28.6 Å². The van der Waals surface area contributed by atoms with E-state index in [1.54, 1.807) is 59.7 Å². The van der Waals surface area contributed by atoms with Crippen LogP contribution in [-0.4, -0.2) is 111 Å². The van der Waals surface area contributed by atoms with E-state index in [0.29, 0.717) is 0 Å². The lowest BCUT2D eigenvalue weighted by Crippen LogP contribution is -2.81. The molecule has 60 heavy (non-hydrogen) atoms. The van der Waals surface area contributed by atoms with Crippen molar-refractivity contribution in [3.05, 3.63) is 47.2 Å². The third-order valence-corrected chi connectivity index (χ3v) is 12.8.